The summed E-state index contributed by atoms with van der Waals surface area (Å²) in [5, 5.41) is 9.78. The van der Waals surface area contributed by atoms with E-state index in [0.29, 0.717) is 12.5 Å². The highest BCUT2D eigenvalue weighted by atomic mass is 16.5. The molecular formula is C12H26N2O2. The first kappa shape index (κ1) is 13.9. The van der Waals surface area contributed by atoms with Crippen LogP contribution in [0.15, 0.2) is 0 Å². The molecule has 96 valence electrons. The summed E-state index contributed by atoms with van der Waals surface area (Å²) in [5.41, 5.74) is 5.64. The first-order chi connectivity index (χ1) is 7.61. The lowest BCUT2D eigenvalue weighted by Crippen LogP contribution is -2.41. The molecule has 0 aromatic rings. The van der Waals surface area contributed by atoms with Crippen LogP contribution < -0.4 is 5.73 Å². The number of hydrogen-bond acceptors (Lipinski definition) is 4. The van der Waals surface area contributed by atoms with Gasteiger partial charge in [-0.15, -0.1) is 0 Å². The number of β-amino-alcohol motifs (C(OH)–C–C–N with tert-alkyl or cyclic N) is 1. The molecular weight excluding hydrogens is 204 g/mol. The molecule has 1 rings (SSSR count). The van der Waals surface area contributed by atoms with Crippen LogP contribution in [0.5, 0.6) is 0 Å². The van der Waals surface area contributed by atoms with Gasteiger partial charge in [0.1, 0.15) is 0 Å². The lowest BCUT2D eigenvalue weighted by Gasteiger charge is -2.32. The fourth-order valence-corrected chi connectivity index (χ4v) is 2.06. The molecule has 0 aromatic heterocycles. The van der Waals surface area contributed by atoms with Gasteiger partial charge in [0.2, 0.25) is 0 Å². The van der Waals surface area contributed by atoms with Gasteiger partial charge in [-0.1, -0.05) is 0 Å². The van der Waals surface area contributed by atoms with Crippen molar-refractivity contribution in [1.82, 2.24) is 4.90 Å². The Balaban J connectivity index is 2.13. The molecule has 1 fully saturated rings. The molecule has 0 bridgehead atoms. The van der Waals surface area contributed by atoms with Gasteiger partial charge in [-0.25, -0.2) is 0 Å². The molecule has 0 saturated carbocycles. The summed E-state index contributed by atoms with van der Waals surface area (Å²) in [6.07, 6.45) is 2.15. The number of hydrogen-bond donors (Lipinski definition) is 2. The Hall–Kier alpha value is -0.160. The summed E-state index contributed by atoms with van der Waals surface area (Å²) in [5.74, 6) is 0.681. The Morgan fingerprint density at radius 2 is 2.00 bits per heavy atom. The van der Waals surface area contributed by atoms with Crippen LogP contribution in [-0.4, -0.2) is 55.0 Å². The monoisotopic (exact) mass is 230 g/mol. The number of ether oxygens (including phenoxy) is 1. The lowest BCUT2D eigenvalue weighted by molar-refractivity contribution is -0.0122. The molecule has 1 atom stereocenters. The maximum atomic E-state index is 9.78. The molecule has 3 N–H and O–H groups in total. The molecule has 16 heavy (non-hydrogen) atoms. The van der Waals surface area contributed by atoms with Crippen molar-refractivity contribution in [3.05, 3.63) is 0 Å². The molecule has 1 saturated heterocycles. The SMILES string of the molecule is CC(C)OCC(O)CN1CCC(CN)CC1. The Labute approximate surface area is 98.8 Å². The van der Waals surface area contributed by atoms with E-state index in [1.54, 1.807) is 0 Å². The topological polar surface area (TPSA) is 58.7 Å². The van der Waals surface area contributed by atoms with Crippen LogP contribution in [0.25, 0.3) is 0 Å². The van der Waals surface area contributed by atoms with Gasteiger partial charge in [-0.05, 0) is 52.2 Å². The van der Waals surface area contributed by atoms with Crippen molar-refractivity contribution in [3.8, 4) is 0 Å². The van der Waals surface area contributed by atoms with E-state index in [0.717, 1.165) is 39.0 Å². The van der Waals surface area contributed by atoms with E-state index in [9.17, 15) is 5.11 Å². The minimum absolute atomic E-state index is 0.192. The zero-order chi connectivity index (χ0) is 12.0. The molecule has 1 aliphatic rings. The maximum absolute atomic E-state index is 9.78. The number of rotatable bonds is 6. The number of likely N-dealkylation sites (tertiary alicyclic amines) is 1. The second-order valence-electron chi connectivity index (χ2n) is 5.02. The summed E-state index contributed by atoms with van der Waals surface area (Å²) >= 11 is 0. The summed E-state index contributed by atoms with van der Waals surface area (Å²) in [6, 6.07) is 0. The van der Waals surface area contributed by atoms with E-state index in [4.69, 9.17) is 10.5 Å². The van der Waals surface area contributed by atoms with Crippen molar-refractivity contribution in [2.75, 3.05) is 32.8 Å². The molecule has 0 aliphatic carbocycles. The predicted octanol–water partition coefficient (Wildman–Crippen LogP) is 0.443. The van der Waals surface area contributed by atoms with E-state index >= 15 is 0 Å². The largest absolute Gasteiger partial charge is 0.389 e. The van der Waals surface area contributed by atoms with Crippen LogP contribution in [0.3, 0.4) is 0 Å². The first-order valence-corrected chi connectivity index (χ1v) is 6.34. The van der Waals surface area contributed by atoms with Gasteiger partial charge in [0, 0.05) is 6.54 Å². The van der Waals surface area contributed by atoms with E-state index in [1.165, 1.54) is 0 Å². The third-order valence-corrected chi connectivity index (χ3v) is 3.13. The van der Waals surface area contributed by atoms with Crippen LogP contribution in [0, 0.1) is 5.92 Å². The molecule has 4 nitrogen and oxygen atoms in total. The average Bonchev–Trinajstić information content (AvgIpc) is 2.27. The highest BCUT2D eigenvalue weighted by Crippen LogP contribution is 2.15. The summed E-state index contributed by atoms with van der Waals surface area (Å²) in [6.45, 7) is 8.05. The average molecular weight is 230 g/mol. The van der Waals surface area contributed by atoms with Crippen LogP contribution in [-0.2, 0) is 4.74 Å². The van der Waals surface area contributed by atoms with Gasteiger partial charge >= 0.3 is 0 Å². The Morgan fingerprint density at radius 3 is 2.50 bits per heavy atom. The molecule has 0 amide bonds. The van der Waals surface area contributed by atoms with E-state index in [2.05, 4.69) is 4.90 Å². The molecule has 1 unspecified atom stereocenters. The quantitative estimate of drug-likeness (QED) is 0.695. The van der Waals surface area contributed by atoms with Gasteiger partial charge in [0.15, 0.2) is 0 Å². The number of aliphatic hydroxyl groups is 1. The Morgan fingerprint density at radius 1 is 1.38 bits per heavy atom. The molecule has 0 radical (unpaired) electrons. The van der Waals surface area contributed by atoms with Crippen molar-refractivity contribution < 1.29 is 9.84 Å². The fraction of sp³-hybridized carbons (Fsp3) is 1.00. The maximum Gasteiger partial charge on any atom is 0.0900 e. The zero-order valence-electron chi connectivity index (χ0n) is 10.6. The van der Waals surface area contributed by atoms with Crippen molar-refractivity contribution in [2.45, 2.75) is 38.9 Å². The molecule has 4 heteroatoms. The minimum atomic E-state index is -0.364. The second kappa shape index (κ2) is 7.22. The van der Waals surface area contributed by atoms with Gasteiger partial charge in [-0.2, -0.15) is 0 Å². The second-order valence-corrected chi connectivity index (χ2v) is 5.02. The smallest absolute Gasteiger partial charge is 0.0900 e. The standard InChI is InChI=1S/C12H26N2O2/c1-10(2)16-9-12(15)8-14-5-3-11(7-13)4-6-14/h10-12,15H,3-9,13H2,1-2H3. The van der Waals surface area contributed by atoms with Crippen LogP contribution >= 0.6 is 0 Å². The number of piperidine rings is 1. The molecule has 1 heterocycles. The number of aliphatic hydroxyl groups excluding tert-OH is 1. The Bertz CT molecular complexity index is 180. The van der Waals surface area contributed by atoms with Crippen molar-refractivity contribution in [2.24, 2.45) is 11.7 Å². The predicted molar refractivity (Wildman–Crippen MR) is 65.3 cm³/mol. The lowest BCUT2D eigenvalue weighted by atomic mass is 9.97. The fourth-order valence-electron chi connectivity index (χ4n) is 2.06. The summed E-state index contributed by atoms with van der Waals surface area (Å²) in [4.78, 5) is 2.31. The minimum Gasteiger partial charge on any atom is -0.389 e. The number of nitrogens with zero attached hydrogens (tertiary/aromatic N) is 1. The van der Waals surface area contributed by atoms with Crippen molar-refractivity contribution in [3.63, 3.8) is 0 Å². The third kappa shape index (κ3) is 5.25. The van der Waals surface area contributed by atoms with E-state index < -0.39 is 0 Å². The van der Waals surface area contributed by atoms with Crippen LogP contribution in [0.2, 0.25) is 0 Å². The Kier molecular flexibility index (Phi) is 6.28. The normalized spacial score (nSPS) is 21.6. The first-order valence-electron chi connectivity index (χ1n) is 6.34. The van der Waals surface area contributed by atoms with Crippen LogP contribution in [0.1, 0.15) is 26.7 Å². The molecule has 0 spiro atoms. The number of nitrogens with two attached hydrogens (primary N) is 1. The molecule has 1 aliphatic heterocycles. The van der Waals surface area contributed by atoms with Crippen LogP contribution in [0.4, 0.5) is 0 Å². The molecule has 0 aromatic carbocycles. The highest BCUT2D eigenvalue weighted by molar-refractivity contribution is 4.74. The van der Waals surface area contributed by atoms with Gasteiger partial charge in [0.05, 0.1) is 18.8 Å². The van der Waals surface area contributed by atoms with Crippen molar-refractivity contribution in [1.29, 1.82) is 0 Å². The summed E-state index contributed by atoms with van der Waals surface area (Å²) < 4.78 is 5.39. The van der Waals surface area contributed by atoms with E-state index in [-0.39, 0.29) is 12.2 Å². The van der Waals surface area contributed by atoms with E-state index in [1.807, 2.05) is 13.8 Å². The van der Waals surface area contributed by atoms with Gasteiger partial charge in [-0.3, -0.25) is 0 Å². The van der Waals surface area contributed by atoms with Gasteiger partial charge < -0.3 is 20.5 Å². The zero-order valence-corrected chi connectivity index (χ0v) is 10.6. The highest BCUT2D eigenvalue weighted by Gasteiger charge is 2.20. The van der Waals surface area contributed by atoms with Gasteiger partial charge in [0.25, 0.3) is 0 Å². The third-order valence-electron chi connectivity index (χ3n) is 3.13. The summed E-state index contributed by atoms with van der Waals surface area (Å²) in [7, 11) is 0. The van der Waals surface area contributed by atoms with Crippen molar-refractivity contribution >= 4 is 0 Å².